The zero-order valence-corrected chi connectivity index (χ0v) is 12.2. The molecule has 1 fully saturated rings. The maximum absolute atomic E-state index is 11.9. The molecule has 0 spiro atoms. The smallest absolute Gasteiger partial charge is 0.416 e. The van der Waals surface area contributed by atoms with Gasteiger partial charge in [-0.3, -0.25) is 0 Å². The highest BCUT2D eigenvalue weighted by molar-refractivity contribution is 7.89. The first kappa shape index (κ1) is 15.1. The van der Waals surface area contributed by atoms with Gasteiger partial charge in [-0.05, 0) is 30.7 Å². The Kier molecular flexibility index (Phi) is 4.63. The average Bonchev–Trinajstić information content (AvgIpc) is 2.42. The van der Waals surface area contributed by atoms with Crippen molar-refractivity contribution in [3.63, 3.8) is 0 Å². The van der Waals surface area contributed by atoms with Crippen molar-refractivity contribution in [2.45, 2.75) is 11.3 Å². The number of nitrogens with zero attached hydrogens (tertiary/aromatic N) is 2. The maximum atomic E-state index is 11.9. The maximum Gasteiger partial charge on any atom is 0.416 e. The zero-order valence-electron chi connectivity index (χ0n) is 11.4. The lowest BCUT2D eigenvalue weighted by molar-refractivity contribution is 0.124. The number of amides is 1. The molecule has 0 unspecified atom stereocenters. The fourth-order valence-electron chi connectivity index (χ4n) is 1.54. The summed E-state index contributed by atoms with van der Waals surface area (Å²) >= 11 is 0. The summed E-state index contributed by atoms with van der Waals surface area (Å²) in [6.07, 6.45) is 1.16. The Labute approximate surface area is 122 Å². The van der Waals surface area contributed by atoms with Gasteiger partial charge in [0.05, 0.1) is 12.0 Å². The molecule has 21 heavy (non-hydrogen) atoms. The Hall–Kier alpha value is -2.29. The molecule has 1 aromatic carbocycles. The number of hydrogen-bond acceptors (Lipinski definition) is 6. The number of sulfonamides is 1. The van der Waals surface area contributed by atoms with Gasteiger partial charge in [-0.15, -0.1) is 5.10 Å². The predicted molar refractivity (Wildman–Crippen MR) is 74.5 cm³/mol. The summed E-state index contributed by atoms with van der Waals surface area (Å²) < 4.78 is 33.3. The summed E-state index contributed by atoms with van der Waals surface area (Å²) in [5.74, 6) is 0.543. The SMILES string of the molecule is COc1ccc(S(=O)(=O)NN=COC(=O)N2CCC2)cc1. The van der Waals surface area contributed by atoms with Crippen molar-refractivity contribution in [2.24, 2.45) is 5.10 Å². The highest BCUT2D eigenvalue weighted by atomic mass is 32.2. The summed E-state index contributed by atoms with van der Waals surface area (Å²) in [4.78, 5) is 14.8. The highest BCUT2D eigenvalue weighted by Gasteiger charge is 2.21. The second kappa shape index (κ2) is 6.44. The molecular formula is C12H15N3O5S. The number of likely N-dealkylation sites (tertiary alicyclic amines) is 1. The van der Waals surface area contributed by atoms with Gasteiger partial charge in [-0.1, -0.05) is 0 Å². The molecule has 9 heteroatoms. The lowest BCUT2D eigenvalue weighted by atomic mass is 10.2. The van der Waals surface area contributed by atoms with Crippen LogP contribution in [0.2, 0.25) is 0 Å². The summed E-state index contributed by atoms with van der Waals surface area (Å²) in [5, 5.41) is 3.38. The van der Waals surface area contributed by atoms with E-state index in [2.05, 4.69) is 9.84 Å². The summed E-state index contributed by atoms with van der Waals surface area (Å²) in [6.45, 7) is 1.29. The Morgan fingerprint density at radius 2 is 2.00 bits per heavy atom. The van der Waals surface area contributed by atoms with E-state index in [1.807, 2.05) is 4.83 Å². The quantitative estimate of drug-likeness (QED) is 0.492. The molecule has 1 amide bonds. The summed E-state index contributed by atoms with van der Waals surface area (Å²) in [6, 6.07) is 5.79. The first-order valence-corrected chi connectivity index (χ1v) is 7.64. The van der Waals surface area contributed by atoms with E-state index in [0.29, 0.717) is 18.8 Å². The number of carbonyl (C=O) groups excluding carboxylic acids is 1. The van der Waals surface area contributed by atoms with Crippen molar-refractivity contribution < 1.29 is 22.7 Å². The lowest BCUT2D eigenvalue weighted by Gasteiger charge is -2.28. The fourth-order valence-corrected chi connectivity index (χ4v) is 2.32. The zero-order chi connectivity index (χ0) is 15.3. The molecule has 0 saturated carbocycles. The van der Waals surface area contributed by atoms with Crippen LogP contribution >= 0.6 is 0 Å². The molecule has 1 aliphatic heterocycles. The van der Waals surface area contributed by atoms with Crippen LogP contribution in [-0.4, -0.2) is 46.0 Å². The minimum absolute atomic E-state index is 0.0227. The topological polar surface area (TPSA) is 97.3 Å². The number of rotatable bonds is 5. The summed E-state index contributed by atoms with van der Waals surface area (Å²) in [5.41, 5.74) is 0. The number of hydrogen-bond donors (Lipinski definition) is 1. The number of hydrazone groups is 1. The van der Waals surface area contributed by atoms with Crippen LogP contribution in [0, 0.1) is 0 Å². The first-order valence-electron chi connectivity index (χ1n) is 6.16. The largest absolute Gasteiger partial charge is 0.497 e. The predicted octanol–water partition coefficient (Wildman–Crippen LogP) is 0.759. The third-order valence-corrected chi connectivity index (χ3v) is 4.10. The molecule has 0 aromatic heterocycles. The molecule has 1 saturated heterocycles. The van der Waals surface area contributed by atoms with E-state index in [0.717, 1.165) is 12.8 Å². The average molecular weight is 313 g/mol. The van der Waals surface area contributed by atoms with Gasteiger partial charge in [-0.2, -0.15) is 13.2 Å². The molecule has 8 nitrogen and oxygen atoms in total. The monoisotopic (exact) mass is 313 g/mol. The van der Waals surface area contributed by atoms with Gasteiger partial charge in [0.15, 0.2) is 0 Å². The van der Waals surface area contributed by atoms with E-state index >= 15 is 0 Å². The molecule has 0 atom stereocenters. The van der Waals surface area contributed by atoms with Crippen molar-refractivity contribution in [3.8, 4) is 5.75 Å². The highest BCUT2D eigenvalue weighted by Crippen LogP contribution is 2.15. The molecular weight excluding hydrogens is 298 g/mol. The second-order valence-electron chi connectivity index (χ2n) is 4.23. The second-order valence-corrected chi connectivity index (χ2v) is 5.89. The van der Waals surface area contributed by atoms with Gasteiger partial charge in [-0.25, -0.2) is 4.79 Å². The lowest BCUT2D eigenvalue weighted by Crippen LogP contribution is -2.42. The van der Waals surface area contributed by atoms with Crippen LogP contribution in [0.5, 0.6) is 5.75 Å². The Balaban J connectivity index is 1.89. The molecule has 0 bridgehead atoms. The third kappa shape index (κ3) is 3.85. The van der Waals surface area contributed by atoms with Gasteiger partial charge < -0.3 is 14.4 Å². The van der Waals surface area contributed by atoms with Gasteiger partial charge in [0.25, 0.3) is 10.0 Å². The molecule has 0 aliphatic carbocycles. The van der Waals surface area contributed by atoms with Crippen LogP contribution in [0.15, 0.2) is 34.3 Å². The van der Waals surface area contributed by atoms with Crippen molar-refractivity contribution >= 4 is 22.5 Å². The minimum Gasteiger partial charge on any atom is -0.497 e. The molecule has 0 radical (unpaired) electrons. The van der Waals surface area contributed by atoms with Crippen molar-refractivity contribution in [1.29, 1.82) is 0 Å². The van der Waals surface area contributed by atoms with E-state index in [1.54, 1.807) is 0 Å². The van der Waals surface area contributed by atoms with E-state index in [4.69, 9.17) is 4.74 Å². The number of carbonyl (C=O) groups is 1. The minimum atomic E-state index is -3.80. The number of benzene rings is 1. The normalized spacial score (nSPS) is 14.6. The van der Waals surface area contributed by atoms with Crippen LogP contribution in [0.4, 0.5) is 4.79 Å². The van der Waals surface area contributed by atoms with Crippen molar-refractivity contribution in [2.75, 3.05) is 20.2 Å². The van der Waals surface area contributed by atoms with E-state index < -0.39 is 16.1 Å². The van der Waals surface area contributed by atoms with Crippen LogP contribution in [0.25, 0.3) is 0 Å². The standard InChI is InChI=1S/C12H15N3O5S/c1-19-10-3-5-11(6-4-10)21(17,18)14-13-9-20-12(16)15-7-2-8-15/h3-6,9,14H,2,7-8H2,1H3. The van der Waals surface area contributed by atoms with Crippen LogP contribution in [0.3, 0.4) is 0 Å². The van der Waals surface area contributed by atoms with Crippen molar-refractivity contribution in [3.05, 3.63) is 24.3 Å². The van der Waals surface area contributed by atoms with Crippen molar-refractivity contribution in [1.82, 2.24) is 9.73 Å². The molecule has 1 N–H and O–H groups in total. The van der Waals surface area contributed by atoms with Gasteiger partial charge >= 0.3 is 6.09 Å². The first-order chi connectivity index (χ1) is 10.0. The van der Waals surface area contributed by atoms with E-state index in [9.17, 15) is 13.2 Å². The van der Waals surface area contributed by atoms with Crippen LogP contribution in [0.1, 0.15) is 6.42 Å². The molecule has 2 rings (SSSR count). The van der Waals surface area contributed by atoms with E-state index in [1.165, 1.54) is 36.3 Å². The van der Waals surface area contributed by atoms with Gasteiger partial charge in [0, 0.05) is 13.1 Å². The Morgan fingerprint density at radius 3 is 2.52 bits per heavy atom. The van der Waals surface area contributed by atoms with Gasteiger partial charge in [0.1, 0.15) is 5.75 Å². The molecule has 1 aromatic rings. The van der Waals surface area contributed by atoms with Crippen LogP contribution < -0.4 is 9.57 Å². The number of nitrogens with one attached hydrogen (secondary N) is 1. The van der Waals surface area contributed by atoms with Crippen LogP contribution in [-0.2, 0) is 14.8 Å². The van der Waals surface area contributed by atoms with Gasteiger partial charge in [0.2, 0.25) is 6.40 Å². The molecule has 1 heterocycles. The third-order valence-electron chi connectivity index (χ3n) is 2.86. The molecule has 1 aliphatic rings. The number of ether oxygens (including phenoxy) is 2. The summed E-state index contributed by atoms with van der Waals surface area (Å²) in [7, 11) is -2.32. The number of methoxy groups -OCH3 is 1. The Bertz CT molecular complexity index is 623. The van der Waals surface area contributed by atoms with E-state index in [-0.39, 0.29) is 4.90 Å². The fraction of sp³-hybridized carbons (Fsp3) is 0.333. The molecule has 114 valence electrons. The Morgan fingerprint density at radius 1 is 1.33 bits per heavy atom.